The Hall–Kier alpha value is -3.63. The van der Waals surface area contributed by atoms with E-state index in [0.717, 1.165) is 29.3 Å². The van der Waals surface area contributed by atoms with Gasteiger partial charge < -0.3 is 15.0 Å². The molecule has 11 heteroatoms. The summed E-state index contributed by atoms with van der Waals surface area (Å²) in [5.74, 6) is -1.03. The van der Waals surface area contributed by atoms with E-state index in [1.165, 1.54) is 41.3 Å². The van der Waals surface area contributed by atoms with Crippen molar-refractivity contribution in [3.05, 3.63) is 89.2 Å². The first-order valence-electron chi connectivity index (χ1n) is 13.4. The smallest absolute Gasteiger partial charge is 0.264 e. The van der Waals surface area contributed by atoms with Crippen LogP contribution in [-0.2, 0) is 26.2 Å². The van der Waals surface area contributed by atoms with E-state index in [-0.39, 0.29) is 23.0 Å². The molecule has 0 bridgehead atoms. The highest BCUT2D eigenvalue weighted by Crippen LogP contribution is 2.26. The average Bonchev–Trinajstić information content (AvgIpc) is 2.96. The normalized spacial score (nSPS) is 11.9. The van der Waals surface area contributed by atoms with Crippen LogP contribution in [-0.4, -0.2) is 50.9 Å². The molecule has 0 fully saturated rings. The van der Waals surface area contributed by atoms with E-state index in [4.69, 9.17) is 16.3 Å². The zero-order valence-electron chi connectivity index (χ0n) is 23.3. The van der Waals surface area contributed by atoms with Crippen molar-refractivity contribution in [2.75, 3.05) is 24.0 Å². The summed E-state index contributed by atoms with van der Waals surface area (Å²) in [6, 6.07) is 16.6. The number of benzene rings is 3. The molecule has 41 heavy (non-hydrogen) atoms. The third kappa shape index (κ3) is 8.68. The molecule has 0 radical (unpaired) electrons. The first kappa shape index (κ1) is 31.9. The first-order valence-corrected chi connectivity index (χ1v) is 15.2. The molecule has 220 valence electrons. The Bertz CT molecular complexity index is 1400. The van der Waals surface area contributed by atoms with E-state index in [0.29, 0.717) is 29.5 Å². The van der Waals surface area contributed by atoms with Gasteiger partial charge in [0.15, 0.2) is 0 Å². The number of carbonyl (C=O) groups is 2. The fraction of sp³-hybridized carbons (Fsp3) is 0.333. The van der Waals surface area contributed by atoms with Crippen molar-refractivity contribution in [2.45, 2.75) is 51.1 Å². The van der Waals surface area contributed by atoms with Gasteiger partial charge in [-0.05, 0) is 86.5 Å². The molecule has 0 aromatic heterocycles. The van der Waals surface area contributed by atoms with E-state index < -0.39 is 34.3 Å². The highest BCUT2D eigenvalue weighted by atomic mass is 35.5. The molecule has 3 rings (SSSR count). The largest absolute Gasteiger partial charge is 0.494 e. The van der Waals surface area contributed by atoms with E-state index in [1.807, 2.05) is 13.8 Å². The molecule has 0 heterocycles. The van der Waals surface area contributed by atoms with Crippen LogP contribution >= 0.6 is 11.6 Å². The summed E-state index contributed by atoms with van der Waals surface area (Å²) in [5, 5.41) is 3.35. The van der Waals surface area contributed by atoms with Gasteiger partial charge in [-0.3, -0.25) is 13.9 Å². The molecule has 0 aliphatic carbocycles. The lowest BCUT2D eigenvalue weighted by molar-refractivity contribution is -0.139. The SMILES string of the molecule is CCCCNC(=O)[C@@H](C)N(Cc1ccc(Cl)cc1)C(=O)CN(c1ccc(F)cc1)S(=O)(=O)c1ccc(OCC)cc1. The van der Waals surface area contributed by atoms with E-state index in [9.17, 15) is 22.4 Å². The summed E-state index contributed by atoms with van der Waals surface area (Å²) < 4.78 is 47.8. The molecule has 2 amide bonds. The van der Waals surface area contributed by atoms with Crippen molar-refractivity contribution in [1.29, 1.82) is 0 Å². The number of halogens is 2. The van der Waals surface area contributed by atoms with Crippen molar-refractivity contribution < 1.29 is 27.1 Å². The molecule has 0 spiro atoms. The monoisotopic (exact) mass is 603 g/mol. The zero-order chi connectivity index (χ0) is 30.0. The second kappa shape index (κ2) is 14.8. The quantitative estimate of drug-likeness (QED) is 0.249. The maximum atomic E-state index is 13.9. The van der Waals surface area contributed by atoms with E-state index >= 15 is 0 Å². The lowest BCUT2D eigenvalue weighted by Crippen LogP contribution is -2.51. The third-order valence-electron chi connectivity index (χ3n) is 6.38. The maximum Gasteiger partial charge on any atom is 0.264 e. The molecular weight excluding hydrogens is 569 g/mol. The van der Waals surface area contributed by atoms with Crippen LogP contribution in [0.15, 0.2) is 77.7 Å². The first-order chi connectivity index (χ1) is 19.6. The Balaban J connectivity index is 1.98. The second-order valence-corrected chi connectivity index (χ2v) is 11.7. The number of rotatable bonds is 14. The van der Waals surface area contributed by atoms with Crippen LogP contribution in [0.2, 0.25) is 5.02 Å². The predicted molar refractivity (Wildman–Crippen MR) is 158 cm³/mol. The van der Waals surface area contributed by atoms with Crippen LogP contribution in [0.5, 0.6) is 5.75 Å². The minimum Gasteiger partial charge on any atom is -0.494 e. The predicted octanol–water partition coefficient (Wildman–Crippen LogP) is 5.41. The minimum absolute atomic E-state index is 0.0404. The highest BCUT2D eigenvalue weighted by molar-refractivity contribution is 7.92. The number of nitrogens with zero attached hydrogens (tertiary/aromatic N) is 2. The number of hydrogen-bond donors (Lipinski definition) is 1. The summed E-state index contributed by atoms with van der Waals surface area (Å²) in [4.78, 5) is 28.1. The summed E-state index contributed by atoms with van der Waals surface area (Å²) in [7, 11) is -4.28. The number of ether oxygens (including phenoxy) is 1. The summed E-state index contributed by atoms with van der Waals surface area (Å²) in [5.41, 5.74) is 0.804. The second-order valence-electron chi connectivity index (χ2n) is 9.36. The number of unbranched alkanes of at least 4 members (excludes halogenated alkanes) is 1. The number of hydrogen-bond acceptors (Lipinski definition) is 5. The van der Waals surface area contributed by atoms with Gasteiger partial charge in [-0.15, -0.1) is 0 Å². The van der Waals surface area contributed by atoms with Crippen LogP contribution in [0.1, 0.15) is 39.2 Å². The molecule has 3 aromatic carbocycles. The number of carbonyl (C=O) groups excluding carboxylic acids is 2. The van der Waals surface area contributed by atoms with Crippen LogP contribution in [0, 0.1) is 5.82 Å². The summed E-state index contributed by atoms with van der Waals surface area (Å²) in [6.07, 6.45) is 1.67. The third-order valence-corrected chi connectivity index (χ3v) is 8.42. The molecule has 0 unspecified atom stereocenters. The van der Waals surface area contributed by atoms with Crippen molar-refractivity contribution in [1.82, 2.24) is 10.2 Å². The zero-order valence-corrected chi connectivity index (χ0v) is 24.9. The van der Waals surface area contributed by atoms with Gasteiger partial charge in [-0.1, -0.05) is 37.1 Å². The Morgan fingerprint density at radius 2 is 1.61 bits per heavy atom. The van der Waals surface area contributed by atoms with Gasteiger partial charge in [0.25, 0.3) is 10.0 Å². The topological polar surface area (TPSA) is 96.0 Å². The molecule has 0 aliphatic rings. The Morgan fingerprint density at radius 3 is 2.20 bits per heavy atom. The molecule has 3 aromatic rings. The summed E-state index contributed by atoms with van der Waals surface area (Å²) >= 11 is 6.03. The standard InChI is InChI=1S/C30H35ClFN3O5S/c1-4-6-19-33-30(37)22(3)34(20-23-7-9-24(31)10-8-23)29(36)21-35(26-13-11-25(32)12-14-26)41(38,39)28-17-15-27(16-18-28)40-5-2/h7-18,22H,4-6,19-21H2,1-3H3,(H,33,37)/t22-/m1/s1. The fourth-order valence-corrected chi connectivity index (χ4v) is 5.58. The van der Waals surface area contributed by atoms with Gasteiger partial charge in [0, 0.05) is 18.1 Å². The van der Waals surface area contributed by atoms with Gasteiger partial charge in [0.05, 0.1) is 17.2 Å². The van der Waals surface area contributed by atoms with Gasteiger partial charge >= 0.3 is 0 Å². The Kier molecular flexibility index (Phi) is 11.5. The summed E-state index contributed by atoms with van der Waals surface area (Å²) in [6.45, 7) is 5.69. The Morgan fingerprint density at radius 1 is 0.976 bits per heavy atom. The number of amides is 2. The van der Waals surface area contributed by atoms with Gasteiger partial charge in [-0.25, -0.2) is 12.8 Å². The number of anilines is 1. The van der Waals surface area contributed by atoms with Crippen molar-refractivity contribution in [3.63, 3.8) is 0 Å². The van der Waals surface area contributed by atoms with E-state index in [1.54, 1.807) is 31.2 Å². The number of nitrogens with one attached hydrogen (secondary N) is 1. The van der Waals surface area contributed by atoms with Crippen LogP contribution in [0.3, 0.4) is 0 Å². The lowest BCUT2D eigenvalue weighted by atomic mass is 10.1. The average molecular weight is 604 g/mol. The Labute approximate surface area is 246 Å². The molecule has 0 saturated carbocycles. The van der Waals surface area contributed by atoms with Crippen molar-refractivity contribution in [2.24, 2.45) is 0 Å². The minimum atomic E-state index is -4.28. The molecule has 8 nitrogen and oxygen atoms in total. The number of sulfonamides is 1. The molecular formula is C30H35ClFN3O5S. The highest BCUT2D eigenvalue weighted by Gasteiger charge is 2.32. The van der Waals surface area contributed by atoms with E-state index in [2.05, 4.69) is 5.32 Å². The molecule has 0 aliphatic heterocycles. The molecule has 1 N–H and O–H groups in total. The molecule has 1 atom stereocenters. The van der Waals surface area contributed by atoms with Crippen LogP contribution in [0.4, 0.5) is 10.1 Å². The maximum absolute atomic E-state index is 13.9. The van der Waals surface area contributed by atoms with Gasteiger partial charge in [0.2, 0.25) is 11.8 Å². The molecule has 0 saturated heterocycles. The fourth-order valence-electron chi connectivity index (χ4n) is 4.04. The van der Waals surface area contributed by atoms with Crippen LogP contribution < -0.4 is 14.4 Å². The lowest BCUT2D eigenvalue weighted by Gasteiger charge is -2.32. The van der Waals surface area contributed by atoms with Crippen molar-refractivity contribution >= 4 is 39.1 Å². The van der Waals surface area contributed by atoms with Crippen molar-refractivity contribution in [3.8, 4) is 5.75 Å². The van der Waals surface area contributed by atoms with Crippen LogP contribution in [0.25, 0.3) is 0 Å². The van der Waals surface area contributed by atoms with Gasteiger partial charge in [0.1, 0.15) is 24.2 Å². The van der Waals surface area contributed by atoms with Gasteiger partial charge in [-0.2, -0.15) is 0 Å².